The maximum atomic E-state index is 15.0. The number of hydrogen-bond acceptors (Lipinski definition) is 5. The van der Waals surface area contributed by atoms with E-state index in [1.54, 1.807) is 19.9 Å². The highest BCUT2D eigenvalue weighted by atomic mass is 35.5. The fraction of sp³-hybridized carbons (Fsp3) is 0.385. The van der Waals surface area contributed by atoms with Crippen LogP contribution in [0.15, 0.2) is 35.4 Å². The molecule has 2 atom stereocenters. The summed E-state index contributed by atoms with van der Waals surface area (Å²) >= 11 is 5.78. The summed E-state index contributed by atoms with van der Waals surface area (Å²) in [6, 6.07) is 4.35. The lowest BCUT2D eigenvalue weighted by Gasteiger charge is -2.29. The smallest absolute Gasteiger partial charge is 0.262 e. The van der Waals surface area contributed by atoms with Gasteiger partial charge in [-0.2, -0.15) is 5.10 Å². The van der Waals surface area contributed by atoms with Gasteiger partial charge in [-0.05, 0) is 45.2 Å². The van der Waals surface area contributed by atoms with E-state index >= 15 is 4.39 Å². The van der Waals surface area contributed by atoms with Gasteiger partial charge in [0.15, 0.2) is 17.5 Å². The van der Waals surface area contributed by atoms with Crippen molar-refractivity contribution in [2.24, 2.45) is 0 Å². The van der Waals surface area contributed by atoms with Gasteiger partial charge in [0.1, 0.15) is 5.65 Å². The van der Waals surface area contributed by atoms with E-state index in [4.69, 9.17) is 21.3 Å². The number of benzene rings is 1. The summed E-state index contributed by atoms with van der Waals surface area (Å²) in [6.07, 6.45) is 5.94. The lowest BCUT2D eigenvalue weighted by Crippen LogP contribution is -2.24. The Bertz CT molecular complexity index is 1520. The van der Waals surface area contributed by atoms with E-state index in [1.807, 2.05) is 17.1 Å². The Balaban J connectivity index is 1.63. The Morgan fingerprint density at radius 2 is 2.00 bits per heavy atom. The standard InChI is InChI=1S/C26H26ClF2N5O2/c1-4-8-33-13-17(12-30-33)21-10-16(7-9-36-21)20-11-22-31-15(3)14(2)26(35)34(22)25(32-20)18-5-6-19(27)24(29)23(18)28/h5-6,11-13,16,21H,4,7-10H2,1-3H3. The van der Waals surface area contributed by atoms with Crippen LogP contribution in [0.4, 0.5) is 8.78 Å². The first-order chi connectivity index (χ1) is 17.3. The fourth-order valence-electron chi connectivity index (χ4n) is 4.65. The Hall–Kier alpha value is -3.17. The molecule has 0 saturated carbocycles. The van der Waals surface area contributed by atoms with Crippen molar-refractivity contribution in [2.45, 2.75) is 58.6 Å². The van der Waals surface area contributed by atoms with Crippen LogP contribution in [0.25, 0.3) is 17.0 Å². The van der Waals surface area contributed by atoms with E-state index in [2.05, 4.69) is 17.0 Å². The third-order valence-electron chi connectivity index (χ3n) is 6.76. The van der Waals surface area contributed by atoms with Gasteiger partial charge in [-0.3, -0.25) is 9.48 Å². The highest BCUT2D eigenvalue weighted by Crippen LogP contribution is 2.38. The van der Waals surface area contributed by atoms with Gasteiger partial charge >= 0.3 is 0 Å². The van der Waals surface area contributed by atoms with E-state index in [-0.39, 0.29) is 34.0 Å². The summed E-state index contributed by atoms with van der Waals surface area (Å²) in [7, 11) is 0. The first kappa shape index (κ1) is 24.5. The van der Waals surface area contributed by atoms with E-state index in [9.17, 15) is 9.18 Å². The minimum absolute atomic E-state index is 0.00465. The summed E-state index contributed by atoms with van der Waals surface area (Å²) in [4.78, 5) is 22.5. The monoisotopic (exact) mass is 513 g/mol. The minimum Gasteiger partial charge on any atom is -0.373 e. The topological polar surface area (TPSA) is 74.3 Å². The molecule has 3 aromatic heterocycles. The minimum atomic E-state index is -1.19. The van der Waals surface area contributed by atoms with Gasteiger partial charge in [-0.25, -0.2) is 23.1 Å². The number of aryl methyl sites for hydroxylation is 2. The SMILES string of the molecule is CCCn1cc(C2CC(c3cc4nc(C)c(C)c(=O)n4c(-c4ccc(Cl)c(F)c4F)n3)CCO2)cn1. The molecule has 1 aliphatic rings. The highest BCUT2D eigenvalue weighted by molar-refractivity contribution is 6.30. The van der Waals surface area contributed by atoms with Gasteiger partial charge in [0.25, 0.3) is 5.56 Å². The molecule has 1 aliphatic heterocycles. The number of aromatic nitrogens is 5. The first-order valence-corrected chi connectivity index (χ1v) is 12.3. The average Bonchev–Trinajstić information content (AvgIpc) is 3.34. The summed E-state index contributed by atoms with van der Waals surface area (Å²) in [5.74, 6) is -2.39. The molecule has 0 radical (unpaired) electrons. The molecule has 10 heteroatoms. The number of hydrogen-bond donors (Lipinski definition) is 0. The van der Waals surface area contributed by atoms with Crippen molar-refractivity contribution in [2.75, 3.05) is 6.61 Å². The van der Waals surface area contributed by atoms with Crippen molar-refractivity contribution in [1.82, 2.24) is 24.1 Å². The van der Waals surface area contributed by atoms with Crippen molar-refractivity contribution >= 4 is 17.2 Å². The Labute approximate surface area is 211 Å². The molecule has 2 unspecified atom stereocenters. The lowest BCUT2D eigenvalue weighted by molar-refractivity contribution is 0.00460. The van der Waals surface area contributed by atoms with Crippen LogP contribution in [-0.2, 0) is 11.3 Å². The number of rotatable bonds is 5. The van der Waals surface area contributed by atoms with E-state index in [0.717, 1.165) is 18.5 Å². The molecule has 0 bridgehead atoms. The van der Waals surface area contributed by atoms with Crippen molar-refractivity contribution in [3.05, 3.63) is 80.1 Å². The van der Waals surface area contributed by atoms with Crippen LogP contribution in [-0.4, -0.2) is 30.8 Å². The second-order valence-corrected chi connectivity index (χ2v) is 9.57. The molecule has 188 valence electrons. The molecular formula is C26H26ClF2N5O2. The molecule has 5 rings (SSSR count). The van der Waals surface area contributed by atoms with Crippen LogP contribution in [0.3, 0.4) is 0 Å². The maximum absolute atomic E-state index is 15.0. The fourth-order valence-corrected chi connectivity index (χ4v) is 4.80. The molecule has 0 spiro atoms. The zero-order valence-electron chi connectivity index (χ0n) is 20.3. The van der Waals surface area contributed by atoms with Crippen LogP contribution in [0, 0.1) is 25.5 Å². The second kappa shape index (κ2) is 9.71. The molecule has 0 amide bonds. The van der Waals surface area contributed by atoms with Crippen LogP contribution < -0.4 is 5.56 Å². The quantitative estimate of drug-likeness (QED) is 0.327. The number of halogens is 3. The van der Waals surface area contributed by atoms with Gasteiger partial charge < -0.3 is 4.74 Å². The third-order valence-corrected chi connectivity index (χ3v) is 7.05. The summed E-state index contributed by atoms with van der Waals surface area (Å²) in [5, 5.41) is 4.07. The molecule has 0 aliphatic carbocycles. The normalized spacial score (nSPS) is 18.2. The van der Waals surface area contributed by atoms with Crippen LogP contribution in [0.2, 0.25) is 5.02 Å². The molecule has 7 nitrogen and oxygen atoms in total. The highest BCUT2D eigenvalue weighted by Gasteiger charge is 2.29. The van der Waals surface area contributed by atoms with Crippen molar-refractivity contribution in [3.63, 3.8) is 0 Å². The zero-order chi connectivity index (χ0) is 25.6. The van der Waals surface area contributed by atoms with E-state index in [1.165, 1.54) is 16.5 Å². The van der Waals surface area contributed by atoms with Crippen LogP contribution in [0.5, 0.6) is 0 Å². The van der Waals surface area contributed by atoms with Crippen molar-refractivity contribution < 1.29 is 13.5 Å². The van der Waals surface area contributed by atoms with Crippen molar-refractivity contribution in [3.8, 4) is 11.4 Å². The van der Waals surface area contributed by atoms with E-state index < -0.39 is 11.6 Å². The molecule has 0 N–H and O–H groups in total. The Morgan fingerprint density at radius 1 is 1.19 bits per heavy atom. The first-order valence-electron chi connectivity index (χ1n) is 12.0. The number of fused-ring (bicyclic) bond motifs is 1. The Morgan fingerprint density at radius 3 is 2.78 bits per heavy atom. The van der Waals surface area contributed by atoms with Crippen LogP contribution in [0.1, 0.15) is 60.7 Å². The van der Waals surface area contributed by atoms with Gasteiger partial charge in [0.2, 0.25) is 0 Å². The molecule has 1 saturated heterocycles. The van der Waals surface area contributed by atoms with Gasteiger partial charge in [-0.15, -0.1) is 0 Å². The summed E-state index contributed by atoms with van der Waals surface area (Å²) < 4.78 is 38.6. The van der Waals surface area contributed by atoms with Crippen molar-refractivity contribution in [1.29, 1.82) is 0 Å². The van der Waals surface area contributed by atoms with Gasteiger partial charge in [-0.1, -0.05) is 18.5 Å². The van der Waals surface area contributed by atoms with Gasteiger partial charge in [0.05, 0.1) is 22.9 Å². The molecule has 1 aromatic carbocycles. The summed E-state index contributed by atoms with van der Waals surface area (Å²) in [5.41, 5.74) is 2.41. The van der Waals surface area contributed by atoms with E-state index in [0.29, 0.717) is 42.0 Å². The summed E-state index contributed by atoms with van der Waals surface area (Å²) in [6.45, 7) is 6.82. The zero-order valence-corrected chi connectivity index (χ0v) is 21.0. The largest absolute Gasteiger partial charge is 0.373 e. The predicted molar refractivity (Wildman–Crippen MR) is 132 cm³/mol. The second-order valence-electron chi connectivity index (χ2n) is 9.17. The molecule has 4 heterocycles. The lowest BCUT2D eigenvalue weighted by atomic mass is 9.90. The molecular weight excluding hydrogens is 488 g/mol. The number of nitrogens with zero attached hydrogens (tertiary/aromatic N) is 5. The van der Waals surface area contributed by atoms with Crippen LogP contribution >= 0.6 is 11.6 Å². The predicted octanol–water partition coefficient (Wildman–Crippen LogP) is 5.55. The Kier molecular flexibility index (Phi) is 6.61. The number of ether oxygens (including phenoxy) is 1. The maximum Gasteiger partial charge on any atom is 0.262 e. The van der Waals surface area contributed by atoms with Gasteiger partial charge in [0, 0.05) is 53.8 Å². The molecule has 36 heavy (non-hydrogen) atoms. The third kappa shape index (κ3) is 4.30. The average molecular weight is 514 g/mol. The molecule has 1 fully saturated rings. The molecule has 4 aromatic rings.